The van der Waals surface area contributed by atoms with Gasteiger partial charge in [0.2, 0.25) is 0 Å². The van der Waals surface area contributed by atoms with Gasteiger partial charge in [0.15, 0.2) is 0 Å². The molecule has 1 amide bonds. The molecule has 8 heteroatoms. The highest BCUT2D eigenvalue weighted by atomic mass is 16.6. The van der Waals surface area contributed by atoms with E-state index in [2.05, 4.69) is 77.5 Å². The molecular weight excluding hydrogens is 492 g/mol. The summed E-state index contributed by atoms with van der Waals surface area (Å²) in [6.45, 7) is 16.4. The van der Waals surface area contributed by atoms with Crippen LogP contribution in [-0.4, -0.2) is 78.4 Å². The standard InChI is InChI=1S/C18H30N2O3.C13H22N2O/c1-6-20(13-14-22-5)16-9-7-15(8-10-16)11-12-19-17(21)23-18(2,3)4;1-3-15(10-11-16-2)13-6-4-12(5-7-13)8-9-14/h7-10H,6,11-14H2,1-5H3,(H,19,21);4-7H,3,8-11,14H2,1-2H3. The number of carbonyl (C=O) groups is 1. The fourth-order valence-electron chi connectivity index (χ4n) is 3.88. The van der Waals surface area contributed by atoms with Crippen molar-refractivity contribution in [3.63, 3.8) is 0 Å². The molecule has 39 heavy (non-hydrogen) atoms. The minimum atomic E-state index is -0.461. The molecule has 3 N–H and O–H groups in total. The number of ether oxygens (including phenoxy) is 3. The maximum atomic E-state index is 11.6. The second kappa shape index (κ2) is 19.3. The van der Waals surface area contributed by atoms with E-state index in [1.807, 2.05) is 20.8 Å². The molecule has 2 aromatic rings. The van der Waals surface area contributed by atoms with Gasteiger partial charge in [-0.15, -0.1) is 0 Å². The van der Waals surface area contributed by atoms with Gasteiger partial charge in [-0.1, -0.05) is 24.3 Å². The number of rotatable bonds is 15. The van der Waals surface area contributed by atoms with E-state index in [0.717, 1.165) is 52.2 Å². The second-order valence-corrected chi connectivity index (χ2v) is 10.2. The van der Waals surface area contributed by atoms with Gasteiger partial charge >= 0.3 is 6.09 Å². The lowest BCUT2D eigenvalue weighted by atomic mass is 10.1. The van der Waals surface area contributed by atoms with Crippen LogP contribution < -0.4 is 20.9 Å². The molecule has 0 spiro atoms. The maximum Gasteiger partial charge on any atom is 0.407 e. The Kier molecular flexibility index (Phi) is 16.9. The molecule has 0 aliphatic carbocycles. The number of nitrogens with zero attached hydrogens (tertiary/aromatic N) is 2. The summed E-state index contributed by atoms with van der Waals surface area (Å²) in [5.74, 6) is 0. The van der Waals surface area contributed by atoms with Crippen LogP contribution >= 0.6 is 0 Å². The zero-order valence-electron chi connectivity index (χ0n) is 25.3. The van der Waals surface area contributed by atoms with Gasteiger partial charge in [0.05, 0.1) is 13.2 Å². The normalized spacial score (nSPS) is 10.9. The van der Waals surface area contributed by atoms with Gasteiger partial charge in [-0.25, -0.2) is 4.79 Å². The zero-order chi connectivity index (χ0) is 29.1. The van der Waals surface area contributed by atoms with E-state index in [1.165, 1.54) is 22.5 Å². The number of nitrogens with two attached hydrogens (primary N) is 1. The Hall–Kier alpha value is -2.81. The molecule has 0 fully saturated rings. The van der Waals surface area contributed by atoms with Crippen LogP contribution in [0.25, 0.3) is 0 Å². The topological polar surface area (TPSA) is 89.3 Å². The number of anilines is 2. The first-order valence-electron chi connectivity index (χ1n) is 14.0. The zero-order valence-corrected chi connectivity index (χ0v) is 25.3. The molecule has 0 aromatic heterocycles. The molecule has 2 aromatic carbocycles. The van der Waals surface area contributed by atoms with E-state index in [4.69, 9.17) is 19.9 Å². The molecule has 0 radical (unpaired) electrons. The van der Waals surface area contributed by atoms with Crippen molar-refractivity contribution in [3.8, 4) is 0 Å². The number of amides is 1. The minimum absolute atomic E-state index is 0.370. The average Bonchev–Trinajstić information content (AvgIpc) is 2.91. The van der Waals surface area contributed by atoms with E-state index in [1.54, 1.807) is 14.2 Å². The first-order chi connectivity index (χ1) is 18.7. The molecule has 0 bridgehead atoms. The van der Waals surface area contributed by atoms with Gasteiger partial charge in [0, 0.05) is 58.3 Å². The Morgan fingerprint density at radius 2 is 1.23 bits per heavy atom. The number of likely N-dealkylation sites (N-methyl/N-ethyl adjacent to an activating group) is 2. The molecule has 220 valence electrons. The SMILES string of the molecule is CCN(CCOC)c1ccc(CCN)cc1.CCN(CCOC)c1ccc(CCNC(=O)OC(C)(C)C)cc1. The number of methoxy groups -OCH3 is 2. The van der Waals surface area contributed by atoms with Crippen LogP contribution in [0, 0.1) is 0 Å². The van der Waals surface area contributed by atoms with Gasteiger partial charge in [-0.05, 0) is 89.4 Å². The van der Waals surface area contributed by atoms with Crippen LogP contribution in [0.2, 0.25) is 0 Å². The van der Waals surface area contributed by atoms with Crippen LogP contribution in [0.4, 0.5) is 16.2 Å². The smallest absolute Gasteiger partial charge is 0.407 e. The Morgan fingerprint density at radius 1 is 0.795 bits per heavy atom. The predicted octanol–water partition coefficient (Wildman–Crippen LogP) is 4.89. The van der Waals surface area contributed by atoms with Crippen LogP contribution in [0.15, 0.2) is 48.5 Å². The minimum Gasteiger partial charge on any atom is -0.444 e. The molecule has 0 unspecified atom stereocenters. The first kappa shape index (κ1) is 34.2. The molecule has 0 atom stereocenters. The molecule has 0 saturated heterocycles. The van der Waals surface area contributed by atoms with E-state index in [0.29, 0.717) is 13.1 Å². The van der Waals surface area contributed by atoms with Gasteiger partial charge in [0.25, 0.3) is 0 Å². The fraction of sp³-hybridized carbons (Fsp3) is 0.581. The average molecular weight is 545 g/mol. The van der Waals surface area contributed by atoms with Crippen molar-refractivity contribution in [2.45, 2.75) is 53.1 Å². The maximum absolute atomic E-state index is 11.6. The van der Waals surface area contributed by atoms with Crippen molar-refractivity contribution >= 4 is 17.5 Å². The highest BCUT2D eigenvalue weighted by Crippen LogP contribution is 2.16. The van der Waals surface area contributed by atoms with Crippen molar-refractivity contribution in [3.05, 3.63) is 59.7 Å². The Bertz CT molecular complexity index is 898. The van der Waals surface area contributed by atoms with Crippen LogP contribution in [0.5, 0.6) is 0 Å². The lowest BCUT2D eigenvalue weighted by Crippen LogP contribution is -2.33. The Labute approximate surface area is 236 Å². The molecular formula is C31H52N4O4. The lowest BCUT2D eigenvalue weighted by Gasteiger charge is -2.23. The summed E-state index contributed by atoms with van der Waals surface area (Å²) in [4.78, 5) is 16.2. The number of benzene rings is 2. The van der Waals surface area contributed by atoms with E-state index in [9.17, 15) is 4.79 Å². The van der Waals surface area contributed by atoms with E-state index >= 15 is 0 Å². The monoisotopic (exact) mass is 544 g/mol. The molecule has 0 aliphatic rings. The summed E-state index contributed by atoms with van der Waals surface area (Å²) >= 11 is 0. The van der Waals surface area contributed by atoms with Crippen molar-refractivity contribution in [2.75, 3.05) is 76.5 Å². The third kappa shape index (κ3) is 14.8. The van der Waals surface area contributed by atoms with E-state index < -0.39 is 5.60 Å². The molecule has 0 aliphatic heterocycles. The fourth-order valence-corrected chi connectivity index (χ4v) is 3.88. The highest BCUT2D eigenvalue weighted by molar-refractivity contribution is 5.67. The van der Waals surface area contributed by atoms with Crippen molar-refractivity contribution < 1.29 is 19.0 Å². The number of nitrogens with one attached hydrogen (secondary N) is 1. The summed E-state index contributed by atoms with van der Waals surface area (Å²) in [5.41, 5.74) is 9.99. The molecule has 0 saturated carbocycles. The van der Waals surface area contributed by atoms with E-state index in [-0.39, 0.29) is 6.09 Å². The second-order valence-electron chi connectivity index (χ2n) is 10.2. The summed E-state index contributed by atoms with van der Waals surface area (Å²) in [6.07, 6.45) is 1.36. The Balaban J connectivity index is 0.000000416. The van der Waals surface area contributed by atoms with Gasteiger partial charge in [0.1, 0.15) is 5.60 Å². The summed E-state index contributed by atoms with van der Waals surface area (Å²) in [6, 6.07) is 17.0. The van der Waals surface area contributed by atoms with Crippen LogP contribution in [-0.2, 0) is 27.1 Å². The molecule has 0 heterocycles. The van der Waals surface area contributed by atoms with Crippen molar-refractivity contribution in [1.82, 2.24) is 5.32 Å². The quantitative estimate of drug-likeness (QED) is 0.330. The number of hydrogen-bond acceptors (Lipinski definition) is 7. The third-order valence-electron chi connectivity index (χ3n) is 6.01. The Morgan fingerprint density at radius 3 is 1.59 bits per heavy atom. The molecule has 2 rings (SSSR count). The third-order valence-corrected chi connectivity index (χ3v) is 6.01. The largest absolute Gasteiger partial charge is 0.444 e. The number of carbonyl (C=O) groups excluding carboxylic acids is 1. The first-order valence-corrected chi connectivity index (χ1v) is 14.0. The van der Waals surface area contributed by atoms with Crippen molar-refractivity contribution in [2.24, 2.45) is 5.73 Å². The predicted molar refractivity (Wildman–Crippen MR) is 163 cm³/mol. The number of hydrogen-bond donors (Lipinski definition) is 2. The summed E-state index contributed by atoms with van der Waals surface area (Å²) in [7, 11) is 3.45. The van der Waals surface area contributed by atoms with Crippen molar-refractivity contribution in [1.29, 1.82) is 0 Å². The number of alkyl carbamates (subject to hydrolysis) is 1. The van der Waals surface area contributed by atoms with Crippen LogP contribution in [0.1, 0.15) is 45.7 Å². The highest BCUT2D eigenvalue weighted by Gasteiger charge is 2.15. The summed E-state index contributed by atoms with van der Waals surface area (Å²) in [5, 5.41) is 2.78. The van der Waals surface area contributed by atoms with Gasteiger partial charge < -0.3 is 35.1 Å². The summed E-state index contributed by atoms with van der Waals surface area (Å²) < 4.78 is 15.4. The lowest BCUT2D eigenvalue weighted by molar-refractivity contribution is 0.0528. The molecule has 8 nitrogen and oxygen atoms in total. The van der Waals surface area contributed by atoms with Gasteiger partial charge in [-0.3, -0.25) is 0 Å². The van der Waals surface area contributed by atoms with Gasteiger partial charge in [-0.2, -0.15) is 0 Å². The van der Waals surface area contributed by atoms with Crippen LogP contribution in [0.3, 0.4) is 0 Å².